The first-order valence-corrected chi connectivity index (χ1v) is 11.5. The van der Waals surface area contributed by atoms with Crippen molar-refractivity contribution in [1.29, 1.82) is 0 Å². The maximum Gasteiger partial charge on any atom is 0.235 e. The molecule has 3 aliphatic carbocycles. The van der Waals surface area contributed by atoms with E-state index < -0.39 is 0 Å². The first-order chi connectivity index (χ1) is 13.4. The van der Waals surface area contributed by atoms with E-state index >= 15 is 0 Å². The summed E-state index contributed by atoms with van der Waals surface area (Å²) in [5.41, 5.74) is -0.409. The SMILES string of the molecule is CC1(C)CC(C)(CN=C=O)C(C2CCCCC2)C(N=C=O)(C2CCCCC2)C1. The highest BCUT2D eigenvalue weighted by Crippen LogP contribution is 2.63. The molecule has 3 aliphatic rings. The molecule has 0 heterocycles. The van der Waals surface area contributed by atoms with Crippen molar-refractivity contribution >= 4 is 12.2 Å². The Morgan fingerprint density at radius 2 is 1.43 bits per heavy atom. The van der Waals surface area contributed by atoms with Gasteiger partial charge in [-0.15, -0.1) is 0 Å². The van der Waals surface area contributed by atoms with Crippen molar-refractivity contribution in [3.63, 3.8) is 0 Å². The van der Waals surface area contributed by atoms with Gasteiger partial charge in [-0.25, -0.2) is 14.6 Å². The van der Waals surface area contributed by atoms with Crippen LogP contribution >= 0.6 is 0 Å². The minimum absolute atomic E-state index is 0.0656. The van der Waals surface area contributed by atoms with Crippen LogP contribution in [0.5, 0.6) is 0 Å². The lowest BCUT2D eigenvalue weighted by atomic mass is 9.45. The van der Waals surface area contributed by atoms with Crippen LogP contribution in [0.25, 0.3) is 0 Å². The van der Waals surface area contributed by atoms with Gasteiger partial charge >= 0.3 is 0 Å². The molecule has 0 aliphatic heterocycles. The topological polar surface area (TPSA) is 58.9 Å². The van der Waals surface area contributed by atoms with E-state index in [-0.39, 0.29) is 16.4 Å². The first-order valence-electron chi connectivity index (χ1n) is 11.5. The molecule has 3 saturated carbocycles. The quantitative estimate of drug-likeness (QED) is 0.430. The third-order valence-corrected chi connectivity index (χ3v) is 8.13. The summed E-state index contributed by atoms with van der Waals surface area (Å²) in [7, 11) is 0. The van der Waals surface area contributed by atoms with E-state index in [1.54, 1.807) is 6.08 Å². The van der Waals surface area contributed by atoms with Gasteiger partial charge < -0.3 is 0 Å². The number of aliphatic imine (C=N–C) groups is 2. The molecular weight excluding hydrogens is 348 g/mol. The Bertz CT molecular complexity index is 635. The van der Waals surface area contributed by atoms with Crippen LogP contribution < -0.4 is 0 Å². The van der Waals surface area contributed by atoms with Gasteiger partial charge in [0.05, 0.1) is 12.1 Å². The summed E-state index contributed by atoms with van der Waals surface area (Å²) in [5, 5.41) is 0. The molecule has 0 saturated heterocycles. The zero-order valence-electron chi connectivity index (χ0n) is 18.1. The summed E-state index contributed by atoms with van der Waals surface area (Å²) in [4.78, 5) is 31.7. The van der Waals surface area contributed by atoms with Gasteiger partial charge in [0.1, 0.15) is 0 Å². The number of hydrogen-bond donors (Lipinski definition) is 0. The lowest BCUT2D eigenvalue weighted by Gasteiger charge is -2.61. The fourth-order valence-corrected chi connectivity index (χ4v) is 7.84. The van der Waals surface area contributed by atoms with Gasteiger partial charge in [-0.05, 0) is 54.3 Å². The zero-order chi connectivity index (χ0) is 20.3. The Hall–Kier alpha value is -1.24. The van der Waals surface area contributed by atoms with E-state index in [9.17, 15) is 9.59 Å². The third kappa shape index (κ3) is 4.19. The number of nitrogens with zero attached hydrogens (tertiary/aromatic N) is 2. The van der Waals surface area contributed by atoms with Crippen molar-refractivity contribution in [1.82, 2.24) is 0 Å². The molecule has 4 heteroatoms. The summed E-state index contributed by atoms with van der Waals surface area (Å²) >= 11 is 0. The molecule has 0 amide bonds. The molecule has 0 N–H and O–H groups in total. The number of rotatable bonds is 5. The predicted molar refractivity (Wildman–Crippen MR) is 112 cm³/mol. The number of hydrogen-bond acceptors (Lipinski definition) is 4. The maximum atomic E-state index is 11.8. The van der Waals surface area contributed by atoms with Gasteiger partial charge in [0.2, 0.25) is 12.2 Å². The molecular formula is C24H38N2O2. The highest BCUT2D eigenvalue weighted by molar-refractivity contribution is 5.37. The van der Waals surface area contributed by atoms with Crippen molar-refractivity contribution in [3.8, 4) is 0 Å². The summed E-state index contributed by atoms with van der Waals surface area (Å²) in [6.07, 6.45) is 18.2. The van der Waals surface area contributed by atoms with E-state index in [1.807, 2.05) is 6.08 Å². The van der Waals surface area contributed by atoms with Crippen molar-refractivity contribution in [2.45, 2.75) is 103 Å². The van der Waals surface area contributed by atoms with Gasteiger partial charge in [-0.2, -0.15) is 4.99 Å². The summed E-state index contributed by atoms with van der Waals surface area (Å²) < 4.78 is 0. The Balaban J connectivity index is 2.14. The summed E-state index contributed by atoms with van der Waals surface area (Å²) in [6, 6.07) is 0. The summed E-state index contributed by atoms with van der Waals surface area (Å²) in [5.74, 6) is 1.32. The molecule has 0 aromatic heterocycles. The van der Waals surface area contributed by atoms with Crippen molar-refractivity contribution in [2.24, 2.45) is 38.6 Å². The average Bonchev–Trinajstić information content (AvgIpc) is 2.67. The summed E-state index contributed by atoms with van der Waals surface area (Å²) in [6.45, 7) is 7.44. The van der Waals surface area contributed by atoms with E-state index in [0.717, 1.165) is 25.7 Å². The third-order valence-electron chi connectivity index (χ3n) is 8.13. The molecule has 3 unspecified atom stereocenters. The maximum absolute atomic E-state index is 11.8. The molecule has 0 radical (unpaired) electrons. The van der Waals surface area contributed by atoms with Crippen LogP contribution in [-0.4, -0.2) is 24.2 Å². The van der Waals surface area contributed by atoms with E-state index in [1.165, 1.54) is 51.4 Å². The number of isocyanates is 2. The van der Waals surface area contributed by atoms with Crippen molar-refractivity contribution in [3.05, 3.63) is 0 Å². The van der Waals surface area contributed by atoms with Gasteiger partial charge in [0.25, 0.3) is 0 Å². The smallest absolute Gasteiger partial charge is 0.211 e. The number of carbonyl (C=O) groups excluding carboxylic acids is 2. The zero-order valence-corrected chi connectivity index (χ0v) is 18.1. The van der Waals surface area contributed by atoms with E-state index in [2.05, 4.69) is 25.8 Å². The van der Waals surface area contributed by atoms with Crippen LogP contribution in [-0.2, 0) is 9.59 Å². The van der Waals surface area contributed by atoms with E-state index in [4.69, 9.17) is 4.99 Å². The Kier molecular flexibility index (Phi) is 6.62. The Morgan fingerprint density at radius 3 is 2.00 bits per heavy atom. The molecule has 156 valence electrons. The van der Waals surface area contributed by atoms with Gasteiger partial charge in [-0.1, -0.05) is 72.1 Å². The lowest BCUT2D eigenvalue weighted by molar-refractivity contribution is -0.0922. The van der Waals surface area contributed by atoms with Crippen LogP contribution in [0.1, 0.15) is 97.8 Å². The molecule has 4 nitrogen and oxygen atoms in total. The highest BCUT2D eigenvalue weighted by Gasteiger charge is 2.61. The molecule has 0 bridgehead atoms. The molecule has 3 atom stereocenters. The second kappa shape index (κ2) is 8.64. The Morgan fingerprint density at radius 1 is 0.821 bits per heavy atom. The molecule has 0 spiro atoms. The molecule has 3 fully saturated rings. The van der Waals surface area contributed by atoms with Crippen molar-refractivity contribution in [2.75, 3.05) is 6.54 Å². The highest BCUT2D eigenvalue weighted by atomic mass is 16.1. The van der Waals surface area contributed by atoms with Crippen LogP contribution in [0.3, 0.4) is 0 Å². The van der Waals surface area contributed by atoms with E-state index in [0.29, 0.717) is 24.3 Å². The second-order valence-corrected chi connectivity index (χ2v) is 11.0. The molecule has 28 heavy (non-hydrogen) atoms. The van der Waals surface area contributed by atoms with Crippen LogP contribution in [0.2, 0.25) is 0 Å². The first kappa shape index (κ1) is 21.5. The van der Waals surface area contributed by atoms with Gasteiger partial charge in [0.15, 0.2) is 0 Å². The fourth-order valence-electron chi connectivity index (χ4n) is 7.84. The van der Waals surface area contributed by atoms with Gasteiger partial charge in [-0.3, -0.25) is 0 Å². The minimum Gasteiger partial charge on any atom is -0.211 e. The van der Waals surface area contributed by atoms with Gasteiger partial charge in [0, 0.05) is 0 Å². The van der Waals surface area contributed by atoms with Crippen LogP contribution in [0.4, 0.5) is 0 Å². The van der Waals surface area contributed by atoms with Crippen LogP contribution in [0, 0.1) is 28.6 Å². The average molecular weight is 387 g/mol. The second-order valence-electron chi connectivity index (χ2n) is 11.0. The monoisotopic (exact) mass is 386 g/mol. The minimum atomic E-state index is -0.348. The fraction of sp³-hybridized carbons (Fsp3) is 0.917. The predicted octanol–water partition coefficient (Wildman–Crippen LogP) is 6.00. The molecule has 3 rings (SSSR count). The largest absolute Gasteiger partial charge is 0.235 e. The standard InChI is InChI=1S/C24H38N2O2/c1-22(2)14-23(3,16-25-17-27)21(19-10-6-4-7-11-19)24(15-22,26-18-28)20-12-8-5-9-13-20/h19-21H,4-16H2,1-3H3. The normalized spacial score (nSPS) is 36.9. The Labute approximate surface area is 170 Å². The van der Waals surface area contributed by atoms with Crippen LogP contribution in [0.15, 0.2) is 9.98 Å². The lowest BCUT2D eigenvalue weighted by Crippen LogP contribution is -2.61. The molecule has 0 aromatic rings. The van der Waals surface area contributed by atoms with Crippen molar-refractivity contribution < 1.29 is 9.59 Å². The molecule has 0 aromatic carbocycles.